The quantitative estimate of drug-likeness (QED) is 0.0800. The number of guanidine groups is 1. The molecule has 0 spiro atoms. The second-order valence-electron chi connectivity index (χ2n) is 9.27. The van der Waals surface area contributed by atoms with E-state index in [4.69, 9.17) is 25.2 Å². The summed E-state index contributed by atoms with van der Waals surface area (Å²) in [5.74, 6) is -1.38. The predicted octanol–water partition coefficient (Wildman–Crippen LogP) is 4.26. The van der Waals surface area contributed by atoms with Gasteiger partial charge < -0.3 is 25.4 Å². The summed E-state index contributed by atoms with van der Waals surface area (Å²) in [6, 6.07) is 18.1. The maximum Gasteiger partial charge on any atom is 0.343 e. The lowest BCUT2D eigenvalue weighted by Gasteiger charge is -2.21. The lowest BCUT2D eigenvalue weighted by Crippen LogP contribution is -2.35. The van der Waals surface area contributed by atoms with E-state index in [1.165, 1.54) is 48.5 Å². The Morgan fingerprint density at radius 3 is 1.86 bits per heavy atom. The van der Waals surface area contributed by atoms with Crippen LogP contribution in [0.15, 0.2) is 77.7 Å². The van der Waals surface area contributed by atoms with E-state index in [1.807, 2.05) is 20.8 Å². The molecule has 0 heterocycles. The third-order valence-electron chi connectivity index (χ3n) is 5.69. The van der Waals surface area contributed by atoms with Gasteiger partial charge in [0.25, 0.3) is 16.0 Å². The third-order valence-corrected chi connectivity index (χ3v) is 6.55. The molecule has 0 radical (unpaired) electrons. The Morgan fingerprint density at radius 1 is 0.860 bits per heavy atom. The number of aryl methyl sites for hydroxylation is 1. The smallest absolute Gasteiger partial charge is 0.343 e. The molecule has 0 saturated heterocycles. The van der Waals surface area contributed by atoms with Crippen molar-refractivity contribution < 1.29 is 36.8 Å². The molecule has 1 amide bonds. The Hall–Kier alpha value is -4.75. The van der Waals surface area contributed by atoms with Crippen LogP contribution in [0.25, 0.3) is 0 Å². The molecule has 3 aromatic carbocycles. The topological polar surface area (TPSA) is 189 Å². The monoisotopic (exact) mass is 612 g/mol. The van der Waals surface area contributed by atoms with Gasteiger partial charge in [-0.05, 0) is 80.4 Å². The van der Waals surface area contributed by atoms with E-state index in [9.17, 15) is 22.8 Å². The van der Waals surface area contributed by atoms with Crippen LogP contribution in [0.2, 0.25) is 0 Å². The molecule has 0 aliphatic rings. The van der Waals surface area contributed by atoms with Crippen LogP contribution >= 0.6 is 0 Å². The van der Waals surface area contributed by atoms with Crippen molar-refractivity contribution in [3.63, 3.8) is 0 Å². The fourth-order valence-corrected chi connectivity index (χ4v) is 4.06. The van der Waals surface area contributed by atoms with Crippen LogP contribution in [0, 0.1) is 12.3 Å². The average Bonchev–Trinajstić information content (AvgIpc) is 2.96. The molecule has 230 valence electrons. The lowest BCUT2D eigenvalue weighted by atomic mass is 10.2. The van der Waals surface area contributed by atoms with Crippen LogP contribution in [0.5, 0.6) is 5.75 Å². The standard InChI is InChI=1S/C23H28N4O5.C7H8O3S/c1-3-13-27(14-4-2)20(28)15-31-21(29)16-7-11-19(12-8-16)32-22(30)17-5-9-18(10-6-17)26-23(24)25;1-6-2-4-7(5-3-6)11(8,9)10/h5-12H,3-4,13-15H2,1-2H3,(H4,24,25,26);2-5H,1H3,(H,8,9,10). The van der Waals surface area contributed by atoms with Gasteiger partial charge in [-0.3, -0.25) is 14.8 Å². The van der Waals surface area contributed by atoms with Crippen molar-refractivity contribution in [3.05, 3.63) is 89.5 Å². The van der Waals surface area contributed by atoms with Crippen molar-refractivity contribution in [2.24, 2.45) is 5.73 Å². The minimum absolute atomic E-state index is 0.0666. The number of esters is 2. The number of carbonyl (C=O) groups is 3. The molecule has 0 unspecified atom stereocenters. The Morgan fingerprint density at radius 2 is 1.37 bits per heavy atom. The highest BCUT2D eigenvalue weighted by Crippen LogP contribution is 2.16. The van der Waals surface area contributed by atoms with Gasteiger partial charge >= 0.3 is 11.9 Å². The fourth-order valence-electron chi connectivity index (χ4n) is 3.58. The number of anilines is 1. The zero-order valence-corrected chi connectivity index (χ0v) is 25.0. The van der Waals surface area contributed by atoms with Crippen LogP contribution in [0.1, 0.15) is 53.0 Å². The van der Waals surface area contributed by atoms with Gasteiger partial charge in [-0.1, -0.05) is 31.5 Å². The second-order valence-corrected chi connectivity index (χ2v) is 10.7. The summed E-state index contributed by atoms with van der Waals surface area (Å²) in [6.07, 6.45) is 1.67. The molecule has 0 bridgehead atoms. The summed E-state index contributed by atoms with van der Waals surface area (Å²) < 4.78 is 40.0. The number of ether oxygens (including phenoxy) is 2. The molecule has 13 heteroatoms. The lowest BCUT2D eigenvalue weighted by molar-refractivity contribution is -0.134. The maximum atomic E-state index is 12.3. The summed E-state index contributed by atoms with van der Waals surface area (Å²) in [7, 11) is -4.02. The van der Waals surface area contributed by atoms with Gasteiger partial charge in [0, 0.05) is 18.8 Å². The molecule has 12 nitrogen and oxygen atoms in total. The van der Waals surface area contributed by atoms with E-state index in [2.05, 4.69) is 5.32 Å². The number of nitrogens with one attached hydrogen (secondary N) is 2. The van der Waals surface area contributed by atoms with Crippen LogP contribution in [-0.4, -0.2) is 61.4 Å². The highest BCUT2D eigenvalue weighted by atomic mass is 32.2. The van der Waals surface area contributed by atoms with Crippen molar-refractivity contribution in [2.45, 2.75) is 38.5 Å². The highest BCUT2D eigenvalue weighted by Gasteiger charge is 2.16. The molecular formula is C30H36N4O8S. The molecule has 0 aliphatic heterocycles. The molecule has 3 rings (SSSR count). The van der Waals surface area contributed by atoms with E-state index in [1.54, 1.807) is 29.2 Å². The average molecular weight is 613 g/mol. The SMILES string of the molecule is CCCN(CCC)C(=O)COC(=O)c1ccc(OC(=O)c2ccc(NC(=N)N)cc2)cc1.Cc1ccc(S(=O)(=O)O)cc1. The van der Waals surface area contributed by atoms with Gasteiger partial charge in [-0.25, -0.2) is 9.59 Å². The van der Waals surface area contributed by atoms with Gasteiger partial charge in [0.2, 0.25) is 0 Å². The van der Waals surface area contributed by atoms with E-state index in [0.29, 0.717) is 24.3 Å². The molecule has 43 heavy (non-hydrogen) atoms. The molecule has 3 aromatic rings. The normalized spacial score (nSPS) is 10.5. The fraction of sp³-hybridized carbons (Fsp3) is 0.267. The van der Waals surface area contributed by atoms with E-state index < -0.39 is 22.1 Å². The zero-order valence-electron chi connectivity index (χ0n) is 24.2. The second kappa shape index (κ2) is 16.6. The first kappa shape index (κ1) is 34.5. The first-order valence-electron chi connectivity index (χ1n) is 13.4. The summed E-state index contributed by atoms with van der Waals surface area (Å²) in [4.78, 5) is 38.3. The van der Waals surface area contributed by atoms with Crippen molar-refractivity contribution >= 4 is 39.6 Å². The molecule has 0 aliphatic carbocycles. The number of nitrogens with zero attached hydrogens (tertiary/aromatic N) is 1. The first-order valence-corrected chi connectivity index (χ1v) is 14.8. The van der Waals surface area contributed by atoms with Gasteiger partial charge in [-0.15, -0.1) is 0 Å². The van der Waals surface area contributed by atoms with Crippen LogP contribution < -0.4 is 15.8 Å². The zero-order chi connectivity index (χ0) is 32.0. The molecule has 0 saturated carbocycles. The number of benzene rings is 3. The molecule has 0 fully saturated rings. The summed E-state index contributed by atoms with van der Waals surface area (Å²) >= 11 is 0. The van der Waals surface area contributed by atoms with E-state index in [0.717, 1.165) is 18.4 Å². The highest BCUT2D eigenvalue weighted by molar-refractivity contribution is 7.85. The molecule has 0 aromatic heterocycles. The number of hydrogen-bond acceptors (Lipinski definition) is 8. The van der Waals surface area contributed by atoms with Crippen LogP contribution in [0.4, 0.5) is 5.69 Å². The van der Waals surface area contributed by atoms with E-state index >= 15 is 0 Å². The van der Waals surface area contributed by atoms with Gasteiger partial charge in [0.05, 0.1) is 16.0 Å². The third kappa shape index (κ3) is 11.9. The summed E-state index contributed by atoms with van der Waals surface area (Å²) in [5, 5.41) is 9.80. The van der Waals surface area contributed by atoms with E-state index in [-0.39, 0.29) is 34.7 Å². The minimum Gasteiger partial charge on any atom is -0.452 e. The summed E-state index contributed by atoms with van der Waals surface area (Å²) in [6.45, 7) is 6.74. The Labute approximate surface area is 251 Å². The number of carbonyl (C=O) groups excluding carboxylic acids is 3. The maximum absolute atomic E-state index is 12.3. The van der Waals surface area contributed by atoms with Gasteiger partial charge in [0.15, 0.2) is 12.6 Å². The number of rotatable bonds is 11. The van der Waals surface area contributed by atoms with Crippen molar-refractivity contribution in [3.8, 4) is 5.75 Å². The molecule has 5 N–H and O–H groups in total. The number of nitrogens with two attached hydrogens (primary N) is 1. The molecule has 0 atom stereocenters. The minimum atomic E-state index is -4.02. The van der Waals surface area contributed by atoms with Crippen molar-refractivity contribution in [1.29, 1.82) is 5.41 Å². The molecular weight excluding hydrogens is 576 g/mol. The number of amides is 1. The van der Waals surface area contributed by atoms with Crippen molar-refractivity contribution in [2.75, 3.05) is 25.0 Å². The van der Waals surface area contributed by atoms with Crippen molar-refractivity contribution in [1.82, 2.24) is 4.90 Å². The van der Waals surface area contributed by atoms with Gasteiger partial charge in [-0.2, -0.15) is 8.42 Å². The van der Waals surface area contributed by atoms with Crippen LogP contribution in [0.3, 0.4) is 0 Å². The first-order chi connectivity index (χ1) is 20.3. The largest absolute Gasteiger partial charge is 0.452 e. The Balaban J connectivity index is 0.000000490. The predicted molar refractivity (Wildman–Crippen MR) is 162 cm³/mol. The summed E-state index contributed by atoms with van der Waals surface area (Å²) in [5.41, 5.74) is 7.34. The Bertz CT molecular complexity index is 1480. The van der Waals surface area contributed by atoms with Crippen LogP contribution in [-0.2, 0) is 19.6 Å². The Kier molecular flexibility index (Phi) is 13.3. The van der Waals surface area contributed by atoms with Gasteiger partial charge in [0.1, 0.15) is 5.75 Å². The number of hydrogen-bond donors (Lipinski definition) is 4.